The maximum Gasteiger partial charge on any atom is -0.00978 e. The van der Waals surface area contributed by atoms with Crippen LogP contribution in [0.5, 0.6) is 0 Å². The third-order valence-corrected chi connectivity index (χ3v) is 2.18. The SMILES string of the molecule is [C]1=CCC=CC=CCCCCC=CC1. The Balaban J connectivity index is 2.35. The van der Waals surface area contributed by atoms with Crippen LogP contribution in [-0.4, -0.2) is 0 Å². The quantitative estimate of drug-likeness (QED) is 0.494. The molecular weight excluding hydrogens is 168 g/mol. The molecule has 0 saturated carbocycles. The molecule has 1 aliphatic rings. The Morgan fingerprint density at radius 1 is 0.786 bits per heavy atom. The van der Waals surface area contributed by atoms with Crippen molar-refractivity contribution in [3.8, 4) is 0 Å². The molecule has 0 heteroatoms. The van der Waals surface area contributed by atoms with Gasteiger partial charge in [0, 0.05) is 0 Å². The maximum atomic E-state index is 3.25. The van der Waals surface area contributed by atoms with Crippen molar-refractivity contribution in [3.05, 3.63) is 48.6 Å². The van der Waals surface area contributed by atoms with E-state index in [2.05, 4.69) is 48.6 Å². The standard InChI is InChI=1S/C14H19/c1-2-4-6-8-10-12-14-13-11-9-7-5-3-1/h1-4,7,13-14H,5-6,8,10-12H2. The topological polar surface area (TPSA) is 0 Å². The summed E-state index contributed by atoms with van der Waals surface area (Å²) >= 11 is 0. The molecular formula is C14H19. The fourth-order valence-electron chi connectivity index (χ4n) is 1.36. The van der Waals surface area contributed by atoms with Crippen LogP contribution < -0.4 is 0 Å². The zero-order valence-corrected chi connectivity index (χ0v) is 8.78. The van der Waals surface area contributed by atoms with E-state index in [1.165, 1.54) is 25.7 Å². The van der Waals surface area contributed by atoms with Crippen LogP contribution in [0.4, 0.5) is 0 Å². The van der Waals surface area contributed by atoms with Gasteiger partial charge in [0.15, 0.2) is 0 Å². The molecule has 1 rings (SSSR count). The van der Waals surface area contributed by atoms with Crippen LogP contribution >= 0.6 is 0 Å². The van der Waals surface area contributed by atoms with E-state index in [1.807, 2.05) is 0 Å². The Bertz CT molecular complexity index is 228. The first-order valence-corrected chi connectivity index (χ1v) is 5.52. The molecule has 0 aromatic carbocycles. The van der Waals surface area contributed by atoms with E-state index in [0.717, 1.165) is 12.8 Å². The molecule has 1 aliphatic carbocycles. The van der Waals surface area contributed by atoms with Crippen LogP contribution in [0.2, 0.25) is 0 Å². The van der Waals surface area contributed by atoms with Crippen LogP contribution in [0.25, 0.3) is 0 Å². The van der Waals surface area contributed by atoms with Crippen molar-refractivity contribution in [1.29, 1.82) is 0 Å². The van der Waals surface area contributed by atoms with E-state index in [0.29, 0.717) is 0 Å². The highest BCUT2D eigenvalue weighted by Crippen LogP contribution is 2.03. The normalized spacial score (nSPS) is 19.4. The summed E-state index contributed by atoms with van der Waals surface area (Å²) in [6.07, 6.45) is 25.5. The minimum absolute atomic E-state index is 0.962. The van der Waals surface area contributed by atoms with E-state index >= 15 is 0 Å². The number of allylic oxidation sites excluding steroid dienone is 8. The molecule has 0 aliphatic heterocycles. The van der Waals surface area contributed by atoms with Gasteiger partial charge in [0.2, 0.25) is 0 Å². The highest BCUT2D eigenvalue weighted by atomic mass is 13.9. The second kappa shape index (κ2) is 8.55. The van der Waals surface area contributed by atoms with Gasteiger partial charge in [0.25, 0.3) is 0 Å². The van der Waals surface area contributed by atoms with E-state index in [-0.39, 0.29) is 0 Å². The molecule has 14 heavy (non-hydrogen) atoms. The van der Waals surface area contributed by atoms with Crippen LogP contribution in [0.15, 0.2) is 42.5 Å². The molecule has 0 nitrogen and oxygen atoms in total. The van der Waals surface area contributed by atoms with Crippen molar-refractivity contribution in [2.75, 3.05) is 0 Å². The van der Waals surface area contributed by atoms with Gasteiger partial charge in [-0.1, -0.05) is 42.5 Å². The molecule has 0 heterocycles. The van der Waals surface area contributed by atoms with Crippen molar-refractivity contribution < 1.29 is 0 Å². The minimum Gasteiger partial charge on any atom is -0.0882 e. The highest BCUT2D eigenvalue weighted by molar-refractivity contribution is 5.04. The molecule has 0 saturated heterocycles. The molecule has 0 unspecified atom stereocenters. The third kappa shape index (κ3) is 6.47. The summed E-state index contributed by atoms with van der Waals surface area (Å²) in [5.41, 5.74) is 0. The Hall–Kier alpha value is -1.04. The summed E-state index contributed by atoms with van der Waals surface area (Å²) in [4.78, 5) is 0. The number of hydrogen-bond donors (Lipinski definition) is 0. The molecule has 0 aromatic rings. The molecule has 0 aromatic heterocycles. The fourth-order valence-corrected chi connectivity index (χ4v) is 1.36. The Morgan fingerprint density at radius 3 is 2.50 bits per heavy atom. The molecule has 0 fully saturated rings. The van der Waals surface area contributed by atoms with Gasteiger partial charge in [-0.15, -0.1) is 0 Å². The first kappa shape index (κ1) is 11.0. The second-order valence-corrected chi connectivity index (χ2v) is 3.46. The van der Waals surface area contributed by atoms with Gasteiger partial charge in [-0.05, 0) is 44.6 Å². The lowest BCUT2D eigenvalue weighted by atomic mass is 10.1. The summed E-state index contributed by atoms with van der Waals surface area (Å²) in [5.74, 6) is 0. The summed E-state index contributed by atoms with van der Waals surface area (Å²) < 4.78 is 0. The molecule has 0 bridgehead atoms. The third-order valence-electron chi connectivity index (χ3n) is 2.18. The lowest BCUT2D eigenvalue weighted by Crippen LogP contribution is -1.73. The average Bonchev–Trinajstić information content (AvgIpc) is 2.22. The zero-order chi connectivity index (χ0) is 9.90. The van der Waals surface area contributed by atoms with Gasteiger partial charge < -0.3 is 0 Å². The summed E-state index contributed by atoms with van der Waals surface area (Å²) in [5, 5.41) is 0. The van der Waals surface area contributed by atoms with E-state index in [4.69, 9.17) is 0 Å². The fraction of sp³-hybridized carbons (Fsp3) is 0.429. The lowest BCUT2D eigenvalue weighted by Gasteiger charge is -1.92. The molecule has 0 spiro atoms. The lowest BCUT2D eigenvalue weighted by molar-refractivity contribution is 0.761. The van der Waals surface area contributed by atoms with Crippen molar-refractivity contribution >= 4 is 0 Å². The van der Waals surface area contributed by atoms with Gasteiger partial charge >= 0.3 is 0 Å². The number of rotatable bonds is 0. The minimum atomic E-state index is 0.962. The van der Waals surface area contributed by atoms with E-state index < -0.39 is 0 Å². The predicted octanol–water partition coefficient (Wildman–Crippen LogP) is 4.37. The largest absolute Gasteiger partial charge is 0.0882 e. The van der Waals surface area contributed by atoms with Gasteiger partial charge in [0.05, 0.1) is 0 Å². The van der Waals surface area contributed by atoms with Crippen LogP contribution in [0, 0.1) is 6.08 Å². The van der Waals surface area contributed by atoms with Crippen molar-refractivity contribution in [1.82, 2.24) is 0 Å². The Morgan fingerprint density at radius 2 is 1.57 bits per heavy atom. The predicted molar refractivity (Wildman–Crippen MR) is 62.9 cm³/mol. The molecule has 1 radical (unpaired) electrons. The second-order valence-electron chi connectivity index (χ2n) is 3.46. The van der Waals surface area contributed by atoms with Crippen molar-refractivity contribution in [3.63, 3.8) is 0 Å². The summed E-state index contributed by atoms with van der Waals surface area (Å²) in [6.45, 7) is 0. The summed E-state index contributed by atoms with van der Waals surface area (Å²) in [6, 6.07) is 0. The first-order valence-electron chi connectivity index (χ1n) is 5.52. The molecule has 0 amide bonds. The highest BCUT2D eigenvalue weighted by Gasteiger charge is 1.83. The first-order chi connectivity index (χ1) is 7.00. The molecule has 0 N–H and O–H groups in total. The van der Waals surface area contributed by atoms with Gasteiger partial charge in [0.1, 0.15) is 0 Å². The monoisotopic (exact) mass is 187 g/mol. The van der Waals surface area contributed by atoms with Crippen LogP contribution in [0.3, 0.4) is 0 Å². The number of hydrogen-bond acceptors (Lipinski definition) is 0. The maximum absolute atomic E-state index is 3.25. The Kier molecular flexibility index (Phi) is 6.74. The van der Waals surface area contributed by atoms with E-state index in [1.54, 1.807) is 0 Å². The smallest absolute Gasteiger partial charge is 0.00978 e. The molecule has 75 valence electrons. The van der Waals surface area contributed by atoms with Crippen LogP contribution in [0.1, 0.15) is 38.5 Å². The van der Waals surface area contributed by atoms with Crippen molar-refractivity contribution in [2.24, 2.45) is 0 Å². The summed E-state index contributed by atoms with van der Waals surface area (Å²) in [7, 11) is 0. The molecule has 0 atom stereocenters. The van der Waals surface area contributed by atoms with Gasteiger partial charge in [-0.3, -0.25) is 0 Å². The van der Waals surface area contributed by atoms with Gasteiger partial charge in [-0.25, -0.2) is 0 Å². The van der Waals surface area contributed by atoms with Crippen LogP contribution in [-0.2, 0) is 0 Å². The zero-order valence-electron chi connectivity index (χ0n) is 8.78. The van der Waals surface area contributed by atoms with Gasteiger partial charge in [-0.2, -0.15) is 0 Å². The average molecular weight is 187 g/mol. The van der Waals surface area contributed by atoms with Crippen molar-refractivity contribution in [2.45, 2.75) is 38.5 Å². The van der Waals surface area contributed by atoms with E-state index in [9.17, 15) is 0 Å². The Labute approximate surface area is 87.7 Å².